The van der Waals surface area contributed by atoms with Crippen LogP contribution < -0.4 is 4.74 Å². The van der Waals surface area contributed by atoms with Crippen molar-refractivity contribution in [1.82, 2.24) is 0 Å². The first-order chi connectivity index (χ1) is 7.50. The third kappa shape index (κ3) is 3.38. The fourth-order valence-corrected chi connectivity index (χ4v) is 1.24. The first-order valence-corrected chi connectivity index (χ1v) is 4.48. The fourth-order valence-electron chi connectivity index (χ4n) is 1.24. The van der Waals surface area contributed by atoms with Crippen LogP contribution in [0.5, 0.6) is 11.5 Å². The molecular formula is C10H10F2O4. The van der Waals surface area contributed by atoms with Gasteiger partial charge in [-0.3, -0.25) is 4.79 Å². The van der Waals surface area contributed by atoms with Gasteiger partial charge in [0.1, 0.15) is 11.5 Å². The molecule has 0 atom stereocenters. The van der Waals surface area contributed by atoms with E-state index < -0.39 is 12.6 Å². The standard InChI is InChI=1S/C10H10F2O4/c11-10(12)16-8-3-1-2-7(13)6(8)4-5-9(14)15/h1-3,10,13H,4-5H2,(H,14,15). The van der Waals surface area contributed by atoms with E-state index >= 15 is 0 Å². The molecule has 0 aliphatic heterocycles. The Labute approximate surface area is 90.1 Å². The van der Waals surface area contributed by atoms with Crippen molar-refractivity contribution in [2.45, 2.75) is 19.5 Å². The Kier molecular flexibility index (Phi) is 4.04. The molecular weight excluding hydrogens is 222 g/mol. The molecule has 0 unspecified atom stereocenters. The molecule has 0 amide bonds. The van der Waals surface area contributed by atoms with Crippen LogP contribution in [0.4, 0.5) is 8.78 Å². The molecule has 0 bridgehead atoms. The van der Waals surface area contributed by atoms with Gasteiger partial charge in [-0.15, -0.1) is 0 Å². The summed E-state index contributed by atoms with van der Waals surface area (Å²) in [7, 11) is 0. The van der Waals surface area contributed by atoms with Gasteiger partial charge in [0.2, 0.25) is 0 Å². The largest absolute Gasteiger partial charge is 0.508 e. The van der Waals surface area contributed by atoms with Crippen LogP contribution in [0.1, 0.15) is 12.0 Å². The minimum absolute atomic E-state index is 0.0654. The third-order valence-electron chi connectivity index (χ3n) is 1.91. The van der Waals surface area contributed by atoms with Crippen molar-refractivity contribution in [3.63, 3.8) is 0 Å². The second-order valence-electron chi connectivity index (χ2n) is 3.03. The lowest BCUT2D eigenvalue weighted by atomic mass is 10.1. The van der Waals surface area contributed by atoms with Gasteiger partial charge < -0.3 is 14.9 Å². The molecule has 0 radical (unpaired) electrons. The monoisotopic (exact) mass is 232 g/mol. The predicted octanol–water partition coefficient (Wildman–Crippen LogP) is 2.01. The number of phenolic OH excluding ortho intramolecular Hbond substituents is 1. The average molecular weight is 232 g/mol. The zero-order valence-electron chi connectivity index (χ0n) is 8.19. The molecule has 0 saturated carbocycles. The Balaban J connectivity index is 2.89. The Bertz CT molecular complexity index is 379. The van der Waals surface area contributed by atoms with Gasteiger partial charge in [-0.05, 0) is 18.6 Å². The molecule has 0 aromatic heterocycles. The molecule has 0 spiro atoms. The topological polar surface area (TPSA) is 66.8 Å². The van der Waals surface area contributed by atoms with Crippen LogP contribution in [0.25, 0.3) is 0 Å². The molecule has 6 heteroatoms. The Hall–Kier alpha value is -1.85. The summed E-state index contributed by atoms with van der Waals surface area (Å²) in [5, 5.41) is 17.9. The normalized spacial score (nSPS) is 10.4. The summed E-state index contributed by atoms with van der Waals surface area (Å²) in [5.74, 6) is -1.53. The molecule has 1 aromatic carbocycles. The first kappa shape index (κ1) is 12.2. The lowest BCUT2D eigenvalue weighted by Crippen LogP contribution is -2.06. The highest BCUT2D eigenvalue weighted by atomic mass is 19.3. The van der Waals surface area contributed by atoms with E-state index in [2.05, 4.69) is 4.74 Å². The van der Waals surface area contributed by atoms with Crippen molar-refractivity contribution in [3.8, 4) is 11.5 Å². The maximum atomic E-state index is 12.0. The van der Waals surface area contributed by atoms with Crippen LogP contribution in [-0.2, 0) is 11.2 Å². The van der Waals surface area contributed by atoms with Gasteiger partial charge in [-0.2, -0.15) is 8.78 Å². The van der Waals surface area contributed by atoms with Crippen molar-refractivity contribution in [2.75, 3.05) is 0 Å². The number of aliphatic carboxylic acids is 1. The highest BCUT2D eigenvalue weighted by Crippen LogP contribution is 2.29. The highest BCUT2D eigenvalue weighted by Gasteiger charge is 2.14. The van der Waals surface area contributed by atoms with E-state index in [1.807, 2.05) is 0 Å². The van der Waals surface area contributed by atoms with E-state index in [4.69, 9.17) is 5.11 Å². The SMILES string of the molecule is O=C(O)CCc1c(O)cccc1OC(F)F. The van der Waals surface area contributed by atoms with Crippen LogP contribution >= 0.6 is 0 Å². The third-order valence-corrected chi connectivity index (χ3v) is 1.91. The Morgan fingerprint density at radius 2 is 2.12 bits per heavy atom. The maximum Gasteiger partial charge on any atom is 0.387 e. The number of hydrogen-bond acceptors (Lipinski definition) is 3. The summed E-state index contributed by atoms with van der Waals surface area (Å²) in [4.78, 5) is 10.3. The van der Waals surface area contributed by atoms with Crippen molar-refractivity contribution in [3.05, 3.63) is 23.8 Å². The van der Waals surface area contributed by atoms with Crippen molar-refractivity contribution in [2.24, 2.45) is 0 Å². The van der Waals surface area contributed by atoms with Gasteiger partial charge in [0, 0.05) is 12.0 Å². The van der Waals surface area contributed by atoms with Gasteiger partial charge in [0.25, 0.3) is 0 Å². The van der Waals surface area contributed by atoms with Gasteiger partial charge in [0.05, 0.1) is 0 Å². The molecule has 2 N–H and O–H groups in total. The number of carboxylic acid groups (broad SMARTS) is 1. The van der Waals surface area contributed by atoms with Crippen molar-refractivity contribution < 1.29 is 28.5 Å². The molecule has 0 heterocycles. The number of halogens is 2. The molecule has 88 valence electrons. The van der Waals surface area contributed by atoms with Gasteiger partial charge >= 0.3 is 12.6 Å². The van der Waals surface area contributed by atoms with Gasteiger partial charge in [-0.1, -0.05) is 6.07 Å². The van der Waals surface area contributed by atoms with E-state index in [0.29, 0.717) is 0 Å². The zero-order chi connectivity index (χ0) is 12.1. The number of hydrogen-bond donors (Lipinski definition) is 2. The van der Waals surface area contributed by atoms with Crippen LogP contribution in [0, 0.1) is 0 Å². The molecule has 16 heavy (non-hydrogen) atoms. The molecule has 0 aliphatic rings. The number of phenols is 1. The summed E-state index contributed by atoms with van der Waals surface area (Å²) >= 11 is 0. The zero-order valence-corrected chi connectivity index (χ0v) is 8.19. The second-order valence-corrected chi connectivity index (χ2v) is 3.03. The van der Waals surface area contributed by atoms with E-state index in [-0.39, 0.29) is 29.9 Å². The molecule has 4 nitrogen and oxygen atoms in total. The summed E-state index contributed by atoms with van der Waals surface area (Å²) in [6.45, 7) is -3.01. The Morgan fingerprint density at radius 3 is 2.69 bits per heavy atom. The van der Waals surface area contributed by atoms with Crippen molar-refractivity contribution in [1.29, 1.82) is 0 Å². The number of alkyl halides is 2. The lowest BCUT2D eigenvalue weighted by molar-refractivity contribution is -0.136. The number of carboxylic acids is 1. The second kappa shape index (κ2) is 5.29. The summed E-state index contributed by atoms with van der Waals surface area (Å²) < 4.78 is 28.2. The predicted molar refractivity (Wildman–Crippen MR) is 50.7 cm³/mol. The smallest absolute Gasteiger partial charge is 0.387 e. The number of aromatic hydroxyl groups is 1. The Morgan fingerprint density at radius 1 is 1.44 bits per heavy atom. The van der Waals surface area contributed by atoms with Gasteiger partial charge in [0.15, 0.2) is 0 Å². The van der Waals surface area contributed by atoms with E-state index in [9.17, 15) is 18.7 Å². The van der Waals surface area contributed by atoms with E-state index in [0.717, 1.165) is 0 Å². The summed E-state index contributed by atoms with van der Waals surface area (Å²) in [5.41, 5.74) is 0.0743. The van der Waals surface area contributed by atoms with Gasteiger partial charge in [-0.25, -0.2) is 0 Å². The van der Waals surface area contributed by atoms with Crippen molar-refractivity contribution >= 4 is 5.97 Å². The molecule has 0 saturated heterocycles. The molecule has 0 fully saturated rings. The first-order valence-electron chi connectivity index (χ1n) is 4.48. The lowest BCUT2D eigenvalue weighted by Gasteiger charge is -2.11. The number of rotatable bonds is 5. The molecule has 1 aromatic rings. The quantitative estimate of drug-likeness (QED) is 0.814. The van der Waals surface area contributed by atoms with Crippen LogP contribution in [0.3, 0.4) is 0 Å². The maximum absolute atomic E-state index is 12.0. The molecule has 1 rings (SSSR count). The van der Waals surface area contributed by atoms with E-state index in [1.54, 1.807) is 0 Å². The number of ether oxygens (including phenoxy) is 1. The minimum Gasteiger partial charge on any atom is -0.508 e. The highest BCUT2D eigenvalue weighted by molar-refractivity contribution is 5.67. The van der Waals surface area contributed by atoms with Crippen LogP contribution in [-0.4, -0.2) is 22.8 Å². The summed E-state index contributed by atoms with van der Waals surface area (Å²) in [6, 6.07) is 3.88. The fraction of sp³-hybridized carbons (Fsp3) is 0.300. The van der Waals surface area contributed by atoms with E-state index in [1.165, 1.54) is 18.2 Å². The van der Waals surface area contributed by atoms with Crippen LogP contribution in [0.15, 0.2) is 18.2 Å². The summed E-state index contributed by atoms with van der Waals surface area (Å²) in [6.07, 6.45) is -0.332. The minimum atomic E-state index is -3.01. The molecule has 0 aliphatic carbocycles. The average Bonchev–Trinajstić information content (AvgIpc) is 2.15. The van der Waals surface area contributed by atoms with Crippen LogP contribution in [0.2, 0.25) is 0 Å². The number of carbonyl (C=O) groups is 1. The number of benzene rings is 1.